The number of hydrogen-bond acceptors (Lipinski definition) is 8. The van der Waals surface area contributed by atoms with Crippen LogP contribution < -0.4 is 5.32 Å². The van der Waals surface area contributed by atoms with Gasteiger partial charge < -0.3 is 40.3 Å². The highest BCUT2D eigenvalue weighted by Crippen LogP contribution is 2.24. The van der Waals surface area contributed by atoms with E-state index in [0.717, 1.165) is 51.4 Å². The van der Waals surface area contributed by atoms with E-state index in [4.69, 9.17) is 9.47 Å². The Labute approximate surface area is 552 Å². The van der Waals surface area contributed by atoms with Crippen molar-refractivity contribution >= 4 is 5.91 Å². The zero-order valence-corrected chi connectivity index (χ0v) is 59.0. The SMILES string of the molecule is CCCCCCC/C=C\C/C=C\C/C=C\CCCCCCCCCCCCCCCCCCCCCCCCC(=O)NC(COC1OC(CO)C(O)C(O)C1O)C(O)/C=C/CCCCCCCCCCCCCCCCCCCCCCCCCCCCC. The van der Waals surface area contributed by atoms with Gasteiger partial charge in [-0.15, -0.1) is 0 Å². The van der Waals surface area contributed by atoms with Crippen molar-refractivity contribution in [1.82, 2.24) is 5.32 Å². The van der Waals surface area contributed by atoms with E-state index in [1.165, 1.54) is 327 Å². The van der Waals surface area contributed by atoms with Crippen molar-refractivity contribution in [2.75, 3.05) is 13.2 Å². The first-order valence-electron chi connectivity index (χ1n) is 39.4. The van der Waals surface area contributed by atoms with E-state index in [9.17, 15) is 30.3 Å². The van der Waals surface area contributed by atoms with Crippen molar-refractivity contribution in [2.45, 2.75) is 442 Å². The number of nitrogens with one attached hydrogen (secondary N) is 1. The molecular weight excluding hydrogens is 1100 g/mol. The highest BCUT2D eigenvalue weighted by molar-refractivity contribution is 5.76. The van der Waals surface area contributed by atoms with Gasteiger partial charge in [-0.3, -0.25) is 4.79 Å². The number of amides is 1. The van der Waals surface area contributed by atoms with E-state index in [-0.39, 0.29) is 12.5 Å². The average Bonchev–Trinajstić information content (AvgIpc) is 2.28. The summed E-state index contributed by atoms with van der Waals surface area (Å²) in [7, 11) is 0. The molecule has 1 aliphatic heterocycles. The van der Waals surface area contributed by atoms with Gasteiger partial charge in [0.25, 0.3) is 0 Å². The number of aliphatic hydroxyl groups is 5. The van der Waals surface area contributed by atoms with Crippen molar-refractivity contribution in [3.05, 3.63) is 48.6 Å². The minimum absolute atomic E-state index is 0.169. The lowest BCUT2D eigenvalue weighted by Crippen LogP contribution is -2.60. The molecule has 0 bridgehead atoms. The second kappa shape index (κ2) is 69.0. The predicted molar refractivity (Wildman–Crippen MR) is 383 cm³/mol. The number of carbonyl (C=O) groups excluding carboxylic acids is 1. The second-order valence-corrected chi connectivity index (χ2v) is 27.5. The molecule has 1 rings (SSSR count). The summed E-state index contributed by atoms with van der Waals surface area (Å²) in [6.07, 6.45) is 88.2. The van der Waals surface area contributed by atoms with E-state index in [1.807, 2.05) is 6.08 Å². The minimum atomic E-state index is -1.57. The van der Waals surface area contributed by atoms with Crippen LogP contribution in [0.25, 0.3) is 0 Å². The van der Waals surface area contributed by atoms with Crippen LogP contribution in [0.4, 0.5) is 0 Å². The fourth-order valence-electron chi connectivity index (χ4n) is 12.8. The fourth-order valence-corrected chi connectivity index (χ4v) is 12.8. The number of aliphatic hydroxyl groups excluding tert-OH is 5. The molecule has 1 amide bonds. The summed E-state index contributed by atoms with van der Waals surface area (Å²) in [5.74, 6) is -0.169. The molecule has 9 heteroatoms. The number of hydrogen-bond donors (Lipinski definition) is 6. The van der Waals surface area contributed by atoms with Crippen molar-refractivity contribution in [3.8, 4) is 0 Å². The summed E-state index contributed by atoms with van der Waals surface area (Å²) in [5.41, 5.74) is 0. The molecule has 7 atom stereocenters. The summed E-state index contributed by atoms with van der Waals surface area (Å²) in [4.78, 5) is 13.2. The lowest BCUT2D eigenvalue weighted by molar-refractivity contribution is -0.302. The van der Waals surface area contributed by atoms with Crippen LogP contribution in [0.1, 0.15) is 399 Å². The summed E-state index contributed by atoms with van der Waals surface area (Å²) in [6, 6.07) is -0.806. The number of allylic oxidation sites excluding steroid dienone is 7. The smallest absolute Gasteiger partial charge is 0.220 e. The lowest BCUT2D eigenvalue weighted by Gasteiger charge is -2.40. The third-order valence-electron chi connectivity index (χ3n) is 18.9. The molecule has 89 heavy (non-hydrogen) atoms. The second-order valence-electron chi connectivity index (χ2n) is 27.5. The molecule has 524 valence electrons. The molecule has 0 aromatic carbocycles. The maximum Gasteiger partial charge on any atom is 0.220 e. The van der Waals surface area contributed by atoms with Crippen molar-refractivity contribution < 1.29 is 39.8 Å². The molecule has 0 saturated carbocycles. The molecule has 0 spiro atoms. The predicted octanol–water partition coefficient (Wildman–Crippen LogP) is 22.3. The molecule has 7 unspecified atom stereocenters. The molecule has 1 fully saturated rings. The maximum absolute atomic E-state index is 13.2. The van der Waals surface area contributed by atoms with Crippen LogP contribution in [-0.4, -0.2) is 87.5 Å². The lowest BCUT2D eigenvalue weighted by atomic mass is 9.99. The zero-order valence-electron chi connectivity index (χ0n) is 59.0. The quantitative estimate of drug-likeness (QED) is 0.0261. The van der Waals surface area contributed by atoms with E-state index in [2.05, 4.69) is 55.6 Å². The Morgan fingerprint density at radius 1 is 0.382 bits per heavy atom. The van der Waals surface area contributed by atoms with Crippen molar-refractivity contribution in [2.24, 2.45) is 0 Å². The molecule has 6 N–H and O–H groups in total. The number of ether oxygens (including phenoxy) is 2. The molecule has 1 heterocycles. The van der Waals surface area contributed by atoms with Gasteiger partial charge in [-0.1, -0.05) is 383 Å². The molecule has 9 nitrogen and oxygen atoms in total. The van der Waals surface area contributed by atoms with Gasteiger partial charge in [-0.05, 0) is 57.8 Å². The Morgan fingerprint density at radius 2 is 0.663 bits per heavy atom. The van der Waals surface area contributed by atoms with Gasteiger partial charge in [0.05, 0.1) is 25.4 Å². The molecule has 0 aromatic heterocycles. The molecule has 1 aliphatic rings. The van der Waals surface area contributed by atoms with E-state index < -0.39 is 49.5 Å². The van der Waals surface area contributed by atoms with E-state index >= 15 is 0 Å². The van der Waals surface area contributed by atoms with Gasteiger partial charge in [0, 0.05) is 6.42 Å². The van der Waals surface area contributed by atoms with Crippen molar-refractivity contribution in [3.63, 3.8) is 0 Å². The van der Waals surface area contributed by atoms with E-state index in [0.29, 0.717) is 6.42 Å². The van der Waals surface area contributed by atoms with Crippen LogP contribution >= 0.6 is 0 Å². The van der Waals surface area contributed by atoms with E-state index in [1.54, 1.807) is 6.08 Å². The molecule has 0 aliphatic carbocycles. The van der Waals surface area contributed by atoms with Gasteiger partial charge in [0.15, 0.2) is 6.29 Å². The summed E-state index contributed by atoms with van der Waals surface area (Å²) >= 11 is 0. The van der Waals surface area contributed by atoms with Crippen LogP contribution in [0.2, 0.25) is 0 Å². The van der Waals surface area contributed by atoms with Crippen LogP contribution in [0.15, 0.2) is 48.6 Å². The third kappa shape index (κ3) is 57.3. The molecule has 1 saturated heterocycles. The highest BCUT2D eigenvalue weighted by Gasteiger charge is 2.44. The van der Waals surface area contributed by atoms with Gasteiger partial charge in [0.2, 0.25) is 5.91 Å². The number of carbonyl (C=O) groups is 1. The molecule has 0 aromatic rings. The summed E-state index contributed by atoms with van der Waals surface area (Å²) in [6.45, 7) is 3.83. The number of rotatable bonds is 70. The van der Waals surface area contributed by atoms with Crippen LogP contribution in [0, 0.1) is 0 Å². The largest absolute Gasteiger partial charge is 0.394 e. The molecular formula is C80H151NO8. The van der Waals surface area contributed by atoms with Crippen LogP contribution in [0.5, 0.6) is 0 Å². The van der Waals surface area contributed by atoms with Gasteiger partial charge in [-0.25, -0.2) is 0 Å². The Balaban J connectivity index is 2.07. The Hall–Kier alpha value is -1.85. The average molecular weight is 1260 g/mol. The normalized spacial score (nSPS) is 18.0. The minimum Gasteiger partial charge on any atom is -0.394 e. The zero-order chi connectivity index (χ0) is 64.2. The first-order valence-corrected chi connectivity index (χ1v) is 39.4. The van der Waals surface area contributed by atoms with Gasteiger partial charge in [0.1, 0.15) is 24.4 Å². The van der Waals surface area contributed by atoms with Gasteiger partial charge in [-0.2, -0.15) is 0 Å². The van der Waals surface area contributed by atoms with Crippen LogP contribution in [0.3, 0.4) is 0 Å². The first-order chi connectivity index (χ1) is 43.8. The first kappa shape index (κ1) is 85.2. The Kier molecular flexibility index (Phi) is 66.0. The molecule has 0 radical (unpaired) electrons. The summed E-state index contributed by atoms with van der Waals surface area (Å²) < 4.78 is 11.3. The third-order valence-corrected chi connectivity index (χ3v) is 18.9. The van der Waals surface area contributed by atoms with Gasteiger partial charge >= 0.3 is 0 Å². The fraction of sp³-hybridized carbons (Fsp3) is 0.887. The van der Waals surface area contributed by atoms with Crippen LogP contribution in [-0.2, 0) is 14.3 Å². The number of unbranched alkanes of at least 4 members (excludes halogenated alkanes) is 54. The summed E-state index contributed by atoms with van der Waals surface area (Å²) in [5, 5.41) is 54.9. The standard InChI is InChI=1S/C80H151NO8/c1-3-5-7-9-11-13-15-17-19-21-23-25-27-29-31-33-34-35-36-37-38-39-40-42-44-46-48-50-52-54-56-58-60-62-64-66-68-70-76(84)81-73(72-88-80-79(87)78(86)77(85)75(71-82)89-80)74(83)69-67-65-63-61-59-57-55-53-51-49-47-45-43-41-32-30-28-26-24-22-20-18-16-14-12-10-8-6-4-2/h15,17,21,23,27,29,67,69,73-75,77-80,82-83,85-87H,3-14,16,18-20,22,24-26,28,30-66,68,70-72H2,1-2H3,(H,81,84)/b17-15-,23-21-,29-27-,69-67+. The van der Waals surface area contributed by atoms with Crippen molar-refractivity contribution in [1.29, 1.82) is 0 Å². The topological polar surface area (TPSA) is 149 Å². The Bertz CT molecular complexity index is 1550. The highest BCUT2D eigenvalue weighted by atomic mass is 16.7. The maximum atomic E-state index is 13.2. The monoisotopic (exact) mass is 1250 g/mol. The Morgan fingerprint density at radius 3 is 0.978 bits per heavy atom.